The van der Waals surface area contributed by atoms with Crippen molar-refractivity contribution in [1.29, 1.82) is 0 Å². The topological polar surface area (TPSA) is 58.6 Å². The smallest absolute Gasteiger partial charge is 0.261 e. The van der Waals surface area contributed by atoms with Crippen molar-refractivity contribution in [3.63, 3.8) is 0 Å². The Balaban J connectivity index is 2.18. The van der Waals surface area contributed by atoms with Gasteiger partial charge in [-0.1, -0.05) is 39.7 Å². The van der Waals surface area contributed by atoms with Crippen LogP contribution in [-0.2, 0) is 16.1 Å². The van der Waals surface area contributed by atoms with Gasteiger partial charge in [-0.25, -0.2) is 4.39 Å². The highest BCUT2D eigenvalue weighted by Gasteiger charge is 2.28. The summed E-state index contributed by atoms with van der Waals surface area (Å²) >= 11 is 9.46. The average Bonchev–Trinajstić information content (AvgIpc) is 2.64. The van der Waals surface area contributed by atoms with Crippen LogP contribution in [0.25, 0.3) is 0 Å². The number of hydrogen-bond acceptors (Lipinski definition) is 3. The number of carbonyl (C=O) groups excluding carboxylic acids is 2. The maximum absolute atomic E-state index is 13.2. The molecule has 0 aliphatic carbocycles. The first-order chi connectivity index (χ1) is 14.0. The molecular weight excluding hydrogens is 475 g/mol. The number of nitrogens with one attached hydrogen (secondary N) is 1. The van der Waals surface area contributed by atoms with Crippen LogP contribution in [0.3, 0.4) is 0 Å². The Morgan fingerprint density at radius 1 is 1.20 bits per heavy atom. The van der Waals surface area contributed by atoms with Crippen molar-refractivity contribution in [1.82, 2.24) is 10.2 Å². The molecule has 2 aromatic rings. The predicted octanol–water partition coefficient (Wildman–Crippen LogP) is 4.95. The molecule has 0 radical (unpaired) electrons. The number of carbonyl (C=O) groups is 2. The highest BCUT2D eigenvalue weighted by atomic mass is 79.9. The fourth-order valence-electron chi connectivity index (χ4n) is 2.66. The van der Waals surface area contributed by atoms with E-state index in [0.717, 1.165) is 4.47 Å². The number of amides is 2. The first-order valence-corrected chi connectivity index (χ1v) is 10.6. The van der Waals surface area contributed by atoms with Gasteiger partial charge in [0.25, 0.3) is 5.91 Å². The summed E-state index contributed by atoms with van der Waals surface area (Å²) in [5.74, 6) is -0.695. The van der Waals surface area contributed by atoms with Crippen LogP contribution in [0.2, 0.25) is 5.02 Å². The summed E-state index contributed by atoms with van der Waals surface area (Å²) in [4.78, 5) is 27.1. The van der Waals surface area contributed by atoms with Crippen molar-refractivity contribution < 1.29 is 18.7 Å². The normalized spacial score (nSPS) is 12.2. The van der Waals surface area contributed by atoms with Crippen LogP contribution in [0, 0.1) is 5.82 Å². The molecule has 30 heavy (non-hydrogen) atoms. The number of hydrogen-bond donors (Lipinski definition) is 1. The molecular formula is C22H25BrClFN2O3. The van der Waals surface area contributed by atoms with Gasteiger partial charge in [0.05, 0.1) is 5.02 Å². The van der Waals surface area contributed by atoms with Crippen LogP contribution >= 0.6 is 27.5 Å². The standard InChI is InChI=1S/C22H25BrClFN2O3/c1-14(21(29)26-22(2,3)4)27(12-15-5-8-17(25)9-6-15)20(28)13-30-19-10-7-16(23)11-18(19)24/h5-11,14H,12-13H2,1-4H3,(H,26,29). The monoisotopic (exact) mass is 498 g/mol. The number of benzene rings is 2. The third-order valence-electron chi connectivity index (χ3n) is 4.18. The van der Waals surface area contributed by atoms with E-state index in [4.69, 9.17) is 16.3 Å². The molecule has 2 amide bonds. The zero-order valence-corrected chi connectivity index (χ0v) is 19.7. The SMILES string of the molecule is CC(C(=O)NC(C)(C)C)N(Cc1ccc(F)cc1)C(=O)COc1ccc(Br)cc1Cl. The Labute approximate surface area is 189 Å². The number of nitrogens with zero attached hydrogens (tertiary/aromatic N) is 1. The van der Waals surface area contributed by atoms with Crippen molar-refractivity contribution in [3.8, 4) is 5.75 Å². The molecule has 0 saturated heterocycles. The lowest BCUT2D eigenvalue weighted by atomic mass is 10.1. The summed E-state index contributed by atoms with van der Waals surface area (Å²) in [6.45, 7) is 7.08. The van der Waals surface area contributed by atoms with E-state index in [1.807, 2.05) is 20.8 Å². The highest BCUT2D eigenvalue weighted by Crippen LogP contribution is 2.27. The molecule has 2 rings (SSSR count). The minimum atomic E-state index is -0.759. The molecule has 1 N–H and O–H groups in total. The van der Waals surface area contributed by atoms with Crippen LogP contribution in [0.4, 0.5) is 4.39 Å². The van der Waals surface area contributed by atoms with Crippen LogP contribution < -0.4 is 10.1 Å². The average molecular weight is 500 g/mol. The summed E-state index contributed by atoms with van der Waals surface area (Å²) in [6.07, 6.45) is 0. The first kappa shape index (κ1) is 24.2. The number of rotatable bonds is 7. The lowest BCUT2D eigenvalue weighted by Gasteiger charge is -2.31. The first-order valence-electron chi connectivity index (χ1n) is 9.40. The highest BCUT2D eigenvalue weighted by molar-refractivity contribution is 9.10. The third-order valence-corrected chi connectivity index (χ3v) is 4.97. The van der Waals surface area contributed by atoms with Crippen LogP contribution in [0.5, 0.6) is 5.75 Å². The second-order valence-corrected chi connectivity index (χ2v) is 9.25. The van der Waals surface area contributed by atoms with Crippen LogP contribution in [0.15, 0.2) is 46.9 Å². The Bertz CT molecular complexity index is 900. The van der Waals surface area contributed by atoms with Gasteiger partial charge in [0, 0.05) is 16.6 Å². The largest absolute Gasteiger partial charge is 0.482 e. The van der Waals surface area contributed by atoms with E-state index in [1.165, 1.54) is 17.0 Å². The van der Waals surface area contributed by atoms with Gasteiger partial charge in [0.2, 0.25) is 5.91 Å². The molecule has 0 aromatic heterocycles. The number of halogens is 3. The summed E-state index contributed by atoms with van der Waals surface area (Å²) in [5.41, 5.74) is 0.249. The molecule has 8 heteroatoms. The maximum Gasteiger partial charge on any atom is 0.261 e. The van der Waals surface area contributed by atoms with E-state index in [1.54, 1.807) is 37.3 Å². The van der Waals surface area contributed by atoms with Gasteiger partial charge in [-0.05, 0) is 63.6 Å². The van der Waals surface area contributed by atoms with Crippen molar-refractivity contribution >= 4 is 39.3 Å². The number of ether oxygens (including phenoxy) is 1. The van der Waals surface area contributed by atoms with E-state index >= 15 is 0 Å². The van der Waals surface area contributed by atoms with Gasteiger partial charge in [0.15, 0.2) is 6.61 Å². The molecule has 162 valence electrons. The minimum Gasteiger partial charge on any atom is -0.482 e. The van der Waals surface area contributed by atoms with Crippen LogP contribution in [-0.4, -0.2) is 34.9 Å². The minimum absolute atomic E-state index is 0.134. The van der Waals surface area contributed by atoms with Crippen molar-refractivity contribution in [2.24, 2.45) is 0 Å². The molecule has 0 bridgehead atoms. The maximum atomic E-state index is 13.2. The van der Waals surface area contributed by atoms with Gasteiger partial charge in [-0.3, -0.25) is 9.59 Å². The van der Waals surface area contributed by atoms with Crippen molar-refractivity contribution in [2.75, 3.05) is 6.61 Å². The van der Waals surface area contributed by atoms with E-state index in [9.17, 15) is 14.0 Å². The zero-order chi connectivity index (χ0) is 22.5. The van der Waals surface area contributed by atoms with Crippen LogP contribution in [0.1, 0.15) is 33.3 Å². The lowest BCUT2D eigenvalue weighted by Crippen LogP contribution is -2.53. The summed E-state index contributed by atoms with van der Waals surface area (Å²) in [7, 11) is 0. The Morgan fingerprint density at radius 3 is 2.40 bits per heavy atom. The molecule has 1 unspecified atom stereocenters. The second kappa shape index (κ2) is 10.3. The molecule has 1 atom stereocenters. The molecule has 2 aromatic carbocycles. The second-order valence-electron chi connectivity index (χ2n) is 7.93. The summed E-state index contributed by atoms with van der Waals surface area (Å²) < 4.78 is 19.6. The Hall–Kier alpha value is -2.12. The van der Waals surface area contributed by atoms with E-state index in [2.05, 4.69) is 21.2 Å². The van der Waals surface area contributed by atoms with Gasteiger partial charge < -0.3 is 15.0 Å². The zero-order valence-electron chi connectivity index (χ0n) is 17.3. The van der Waals surface area contributed by atoms with E-state index in [-0.39, 0.29) is 24.9 Å². The molecule has 0 saturated carbocycles. The summed E-state index contributed by atoms with van der Waals surface area (Å²) in [5, 5.41) is 3.24. The summed E-state index contributed by atoms with van der Waals surface area (Å²) in [6, 6.07) is 10.1. The fourth-order valence-corrected chi connectivity index (χ4v) is 3.39. The van der Waals surface area contributed by atoms with Gasteiger partial charge in [-0.15, -0.1) is 0 Å². The van der Waals surface area contributed by atoms with E-state index in [0.29, 0.717) is 16.3 Å². The quantitative estimate of drug-likeness (QED) is 0.586. The molecule has 0 spiro atoms. The predicted molar refractivity (Wildman–Crippen MR) is 119 cm³/mol. The van der Waals surface area contributed by atoms with E-state index < -0.39 is 17.5 Å². The van der Waals surface area contributed by atoms with Gasteiger partial charge >= 0.3 is 0 Å². The molecule has 0 heterocycles. The lowest BCUT2D eigenvalue weighted by molar-refractivity contribution is -0.142. The van der Waals surface area contributed by atoms with Crippen molar-refractivity contribution in [2.45, 2.75) is 45.8 Å². The van der Waals surface area contributed by atoms with Gasteiger partial charge in [0.1, 0.15) is 17.6 Å². The van der Waals surface area contributed by atoms with Gasteiger partial charge in [-0.2, -0.15) is 0 Å². The van der Waals surface area contributed by atoms with Crippen molar-refractivity contribution in [3.05, 3.63) is 63.3 Å². The molecule has 5 nitrogen and oxygen atoms in total. The third kappa shape index (κ3) is 7.29. The molecule has 0 aliphatic rings. The Kier molecular flexibility index (Phi) is 8.26. The molecule has 0 aliphatic heterocycles. The Morgan fingerprint density at radius 2 is 1.83 bits per heavy atom. The molecule has 0 fully saturated rings. The fraction of sp³-hybridized carbons (Fsp3) is 0.364.